The highest BCUT2D eigenvalue weighted by Crippen LogP contribution is 2.21. The number of carbonyl (C=O) groups is 1. The number of cyclic esters (lactones) is 1. The molecule has 0 radical (unpaired) electrons. The standard InChI is InChI=1S/C17H24O8/c1-23-11-5-4-10-3-2-6-24-8-13(18)15(20)16(21)14(19)9-25-17(22)12(10)7-11/h4-5,7,13-16,18-21H,2-3,6,8-9H2,1H3/t13-,14-,15-,16-/m1/s1. The van der Waals surface area contributed by atoms with Gasteiger partial charge in [0.2, 0.25) is 0 Å². The molecule has 0 unspecified atom stereocenters. The summed E-state index contributed by atoms with van der Waals surface area (Å²) >= 11 is 0. The minimum absolute atomic E-state index is 0.180. The average Bonchev–Trinajstić information content (AvgIpc) is 2.63. The van der Waals surface area contributed by atoms with Gasteiger partial charge in [-0.2, -0.15) is 0 Å². The van der Waals surface area contributed by atoms with Crippen LogP contribution in [0.15, 0.2) is 18.2 Å². The molecule has 1 heterocycles. The monoisotopic (exact) mass is 356 g/mol. The van der Waals surface area contributed by atoms with E-state index in [0.29, 0.717) is 30.8 Å². The molecule has 0 saturated heterocycles. The number of carbonyl (C=O) groups excluding carboxylic acids is 1. The number of fused-ring (bicyclic) bond motifs is 1. The topological polar surface area (TPSA) is 126 Å². The molecule has 1 aromatic rings. The summed E-state index contributed by atoms with van der Waals surface area (Å²) in [5, 5.41) is 39.3. The van der Waals surface area contributed by atoms with Gasteiger partial charge in [0.05, 0.1) is 19.3 Å². The minimum atomic E-state index is -1.68. The van der Waals surface area contributed by atoms with E-state index in [2.05, 4.69) is 0 Å². The van der Waals surface area contributed by atoms with Crippen molar-refractivity contribution in [1.29, 1.82) is 0 Å². The fourth-order valence-electron chi connectivity index (χ4n) is 2.55. The molecular weight excluding hydrogens is 332 g/mol. The summed E-state index contributed by atoms with van der Waals surface area (Å²) in [6.07, 6.45) is -5.09. The van der Waals surface area contributed by atoms with Crippen LogP contribution in [0.4, 0.5) is 0 Å². The first-order valence-electron chi connectivity index (χ1n) is 8.08. The van der Waals surface area contributed by atoms with E-state index in [0.717, 1.165) is 5.56 Å². The Morgan fingerprint density at radius 1 is 1.08 bits per heavy atom. The minimum Gasteiger partial charge on any atom is -0.497 e. The second kappa shape index (κ2) is 9.12. The molecule has 0 spiro atoms. The molecule has 0 bridgehead atoms. The van der Waals surface area contributed by atoms with Crippen molar-refractivity contribution in [2.75, 3.05) is 26.9 Å². The lowest BCUT2D eigenvalue weighted by molar-refractivity contribution is -0.130. The van der Waals surface area contributed by atoms with Crippen LogP contribution in [0.25, 0.3) is 0 Å². The fourth-order valence-corrected chi connectivity index (χ4v) is 2.55. The van der Waals surface area contributed by atoms with Gasteiger partial charge in [-0.15, -0.1) is 0 Å². The van der Waals surface area contributed by atoms with Crippen molar-refractivity contribution < 1.29 is 39.4 Å². The predicted octanol–water partition coefficient (Wildman–Crippen LogP) is -0.742. The van der Waals surface area contributed by atoms with Crippen LogP contribution in [0.3, 0.4) is 0 Å². The van der Waals surface area contributed by atoms with Crippen LogP contribution in [-0.4, -0.2) is 77.7 Å². The SMILES string of the molecule is COc1ccc2c(c1)C(=O)OC[C@@H](O)[C@@H](O)[C@H](O)[C@H](O)COCCC2. The molecule has 0 aliphatic carbocycles. The molecule has 25 heavy (non-hydrogen) atoms. The summed E-state index contributed by atoms with van der Waals surface area (Å²) in [5.41, 5.74) is 1.04. The first kappa shape index (κ1) is 19.6. The van der Waals surface area contributed by atoms with Gasteiger partial charge in [-0.3, -0.25) is 0 Å². The van der Waals surface area contributed by atoms with E-state index in [1.807, 2.05) is 0 Å². The Kier molecular flexibility index (Phi) is 7.15. The number of benzene rings is 1. The quantitative estimate of drug-likeness (QED) is 0.485. The Balaban J connectivity index is 2.21. The third kappa shape index (κ3) is 5.13. The van der Waals surface area contributed by atoms with Crippen molar-refractivity contribution in [3.05, 3.63) is 29.3 Å². The van der Waals surface area contributed by atoms with Gasteiger partial charge in [-0.25, -0.2) is 4.79 Å². The molecule has 0 fully saturated rings. The molecule has 2 rings (SSSR count). The molecule has 8 nitrogen and oxygen atoms in total. The van der Waals surface area contributed by atoms with E-state index in [4.69, 9.17) is 14.2 Å². The third-order valence-corrected chi connectivity index (χ3v) is 4.08. The molecular formula is C17H24O8. The predicted molar refractivity (Wildman–Crippen MR) is 86.4 cm³/mol. The van der Waals surface area contributed by atoms with Crippen molar-refractivity contribution in [2.45, 2.75) is 37.3 Å². The second-order valence-corrected chi connectivity index (χ2v) is 5.92. The van der Waals surface area contributed by atoms with Crippen molar-refractivity contribution in [2.24, 2.45) is 0 Å². The van der Waals surface area contributed by atoms with Gasteiger partial charge >= 0.3 is 5.97 Å². The Labute approximate surface area is 145 Å². The van der Waals surface area contributed by atoms with E-state index in [-0.39, 0.29) is 6.61 Å². The first-order valence-corrected chi connectivity index (χ1v) is 8.08. The maximum atomic E-state index is 12.3. The lowest BCUT2D eigenvalue weighted by atomic mass is 10.0. The summed E-state index contributed by atoms with van der Waals surface area (Å²) in [6, 6.07) is 5.03. The average molecular weight is 356 g/mol. The van der Waals surface area contributed by atoms with Gasteiger partial charge in [0, 0.05) is 6.61 Å². The smallest absolute Gasteiger partial charge is 0.338 e. The van der Waals surface area contributed by atoms with Crippen LogP contribution in [0.1, 0.15) is 22.3 Å². The van der Waals surface area contributed by atoms with E-state index in [1.54, 1.807) is 18.2 Å². The van der Waals surface area contributed by atoms with E-state index >= 15 is 0 Å². The van der Waals surface area contributed by atoms with Crippen molar-refractivity contribution in [3.63, 3.8) is 0 Å². The van der Waals surface area contributed by atoms with Crippen LogP contribution < -0.4 is 4.74 Å². The number of hydrogen-bond acceptors (Lipinski definition) is 8. The molecule has 0 aromatic heterocycles. The molecule has 4 atom stereocenters. The number of aliphatic hydroxyl groups is 4. The highest BCUT2D eigenvalue weighted by atomic mass is 16.5. The number of hydrogen-bond donors (Lipinski definition) is 4. The largest absolute Gasteiger partial charge is 0.497 e. The van der Waals surface area contributed by atoms with Gasteiger partial charge in [-0.05, 0) is 30.5 Å². The van der Waals surface area contributed by atoms with Crippen LogP contribution in [-0.2, 0) is 15.9 Å². The van der Waals surface area contributed by atoms with Crippen LogP contribution in [0.5, 0.6) is 5.75 Å². The fraction of sp³-hybridized carbons (Fsp3) is 0.588. The number of rotatable bonds is 1. The summed E-state index contributed by atoms with van der Waals surface area (Å²) < 4.78 is 15.5. The third-order valence-electron chi connectivity index (χ3n) is 4.08. The number of aliphatic hydroxyl groups excluding tert-OH is 4. The maximum absolute atomic E-state index is 12.3. The second-order valence-electron chi connectivity index (χ2n) is 5.92. The molecule has 8 heteroatoms. The van der Waals surface area contributed by atoms with Crippen LogP contribution in [0.2, 0.25) is 0 Å². The van der Waals surface area contributed by atoms with E-state index < -0.39 is 37.0 Å². The summed E-state index contributed by atoms with van der Waals surface area (Å²) in [6.45, 7) is -0.412. The van der Waals surface area contributed by atoms with Gasteiger partial charge in [-0.1, -0.05) is 6.07 Å². The zero-order valence-corrected chi connectivity index (χ0v) is 14.0. The Morgan fingerprint density at radius 3 is 2.44 bits per heavy atom. The molecule has 0 amide bonds. The summed E-state index contributed by atoms with van der Waals surface area (Å²) in [7, 11) is 1.48. The van der Waals surface area contributed by atoms with Crippen molar-refractivity contribution in [3.8, 4) is 5.75 Å². The number of ether oxygens (including phenoxy) is 3. The molecule has 140 valence electrons. The lowest BCUT2D eigenvalue weighted by Crippen LogP contribution is -2.47. The molecule has 1 aliphatic heterocycles. The Bertz CT molecular complexity index is 576. The highest BCUT2D eigenvalue weighted by molar-refractivity contribution is 5.91. The van der Waals surface area contributed by atoms with Gasteiger partial charge in [0.15, 0.2) is 0 Å². The Hall–Kier alpha value is -1.71. The summed E-state index contributed by atoms with van der Waals surface area (Å²) in [4.78, 5) is 12.3. The Morgan fingerprint density at radius 2 is 1.76 bits per heavy atom. The maximum Gasteiger partial charge on any atom is 0.338 e. The molecule has 1 aliphatic rings. The van der Waals surface area contributed by atoms with E-state index in [1.165, 1.54) is 7.11 Å². The normalized spacial score (nSPS) is 29.2. The van der Waals surface area contributed by atoms with Crippen molar-refractivity contribution >= 4 is 5.97 Å². The highest BCUT2D eigenvalue weighted by Gasteiger charge is 2.31. The van der Waals surface area contributed by atoms with Crippen LogP contribution in [0, 0.1) is 0 Å². The van der Waals surface area contributed by atoms with Gasteiger partial charge in [0.1, 0.15) is 36.8 Å². The molecule has 4 N–H and O–H groups in total. The number of methoxy groups -OCH3 is 1. The number of esters is 1. The first-order chi connectivity index (χ1) is 11.9. The van der Waals surface area contributed by atoms with E-state index in [9.17, 15) is 25.2 Å². The lowest BCUT2D eigenvalue weighted by Gasteiger charge is -2.26. The zero-order valence-electron chi connectivity index (χ0n) is 14.0. The molecule has 0 saturated carbocycles. The van der Waals surface area contributed by atoms with Crippen LogP contribution >= 0.6 is 0 Å². The summed E-state index contributed by atoms with van der Waals surface area (Å²) in [5.74, 6) is -0.180. The zero-order chi connectivity index (χ0) is 18.4. The number of aryl methyl sites for hydroxylation is 1. The van der Waals surface area contributed by atoms with Gasteiger partial charge < -0.3 is 34.6 Å². The van der Waals surface area contributed by atoms with Gasteiger partial charge in [0.25, 0.3) is 0 Å². The van der Waals surface area contributed by atoms with Crippen molar-refractivity contribution in [1.82, 2.24) is 0 Å². The molecule has 1 aromatic carbocycles.